The molecule has 0 fully saturated rings. The SMILES string of the molecule is c1ccc(COPCCCC(c2ccccc2)c2ccccc2)cc1. The summed E-state index contributed by atoms with van der Waals surface area (Å²) in [6, 6.07) is 32.1. The van der Waals surface area contributed by atoms with Crippen molar-refractivity contribution in [3.63, 3.8) is 0 Å². The fourth-order valence-corrected chi connectivity index (χ4v) is 3.82. The van der Waals surface area contributed by atoms with Gasteiger partial charge in [0.1, 0.15) is 0 Å². The van der Waals surface area contributed by atoms with Crippen LogP contribution in [0.25, 0.3) is 0 Å². The molecule has 2 heteroatoms. The lowest BCUT2D eigenvalue weighted by molar-refractivity contribution is 0.351. The molecule has 0 radical (unpaired) electrons. The quantitative estimate of drug-likeness (QED) is 0.321. The minimum absolute atomic E-state index is 0.473. The molecule has 0 N–H and O–H groups in total. The molecule has 0 aliphatic heterocycles. The molecule has 0 saturated heterocycles. The van der Waals surface area contributed by atoms with E-state index >= 15 is 0 Å². The molecule has 0 amide bonds. The number of hydrogen-bond donors (Lipinski definition) is 0. The van der Waals surface area contributed by atoms with Gasteiger partial charge in [0.25, 0.3) is 0 Å². The van der Waals surface area contributed by atoms with Gasteiger partial charge in [0.05, 0.1) is 6.61 Å². The van der Waals surface area contributed by atoms with Crippen molar-refractivity contribution in [2.75, 3.05) is 6.16 Å². The van der Waals surface area contributed by atoms with Crippen LogP contribution < -0.4 is 0 Å². The Kier molecular flexibility index (Phi) is 7.24. The molecule has 1 atom stereocenters. The Morgan fingerprint density at radius 2 is 1.20 bits per heavy atom. The standard InChI is InChI=1S/C23H25OP/c1-4-11-20(12-5-1)19-24-25-18-10-17-23(21-13-6-2-7-14-21)22-15-8-3-9-16-22/h1-9,11-16,23,25H,10,17-19H2. The summed E-state index contributed by atoms with van der Waals surface area (Å²) in [5.74, 6) is 0.473. The van der Waals surface area contributed by atoms with Gasteiger partial charge in [0.2, 0.25) is 0 Å². The maximum absolute atomic E-state index is 5.84. The number of benzene rings is 3. The van der Waals surface area contributed by atoms with Crippen LogP contribution in [-0.4, -0.2) is 6.16 Å². The highest BCUT2D eigenvalue weighted by Crippen LogP contribution is 2.30. The Labute approximate surface area is 152 Å². The molecule has 0 bridgehead atoms. The van der Waals surface area contributed by atoms with E-state index in [1.807, 2.05) is 6.07 Å². The van der Waals surface area contributed by atoms with Crippen molar-refractivity contribution in [3.8, 4) is 0 Å². The fourth-order valence-electron chi connectivity index (χ4n) is 3.06. The molecule has 0 aliphatic rings. The van der Waals surface area contributed by atoms with E-state index in [1.165, 1.54) is 23.1 Å². The van der Waals surface area contributed by atoms with Crippen molar-refractivity contribution in [2.24, 2.45) is 0 Å². The molecule has 3 aromatic carbocycles. The lowest BCUT2D eigenvalue weighted by atomic mass is 9.88. The van der Waals surface area contributed by atoms with E-state index in [2.05, 4.69) is 84.9 Å². The van der Waals surface area contributed by atoms with E-state index in [4.69, 9.17) is 4.52 Å². The molecule has 3 rings (SSSR count). The summed E-state index contributed by atoms with van der Waals surface area (Å²) in [5.41, 5.74) is 4.06. The summed E-state index contributed by atoms with van der Waals surface area (Å²) in [4.78, 5) is 0. The molecule has 0 saturated carbocycles. The van der Waals surface area contributed by atoms with Gasteiger partial charge in [0.15, 0.2) is 0 Å². The van der Waals surface area contributed by atoms with Gasteiger partial charge in [-0.05, 0) is 35.7 Å². The third-order valence-corrected chi connectivity index (χ3v) is 5.27. The maximum atomic E-state index is 5.84. The highest BCUT2D eigenvalue weighted by Gasteiger charge is 2.13. The first kappa shape index (κ1) is 17.9. The molecular weight excluding hydrogens is 323 g/mol. The summed E-state index contributed by atoms with van der Waals surface area (Å²) in [5, 5.41) is 0. The van der Waals surface area contributed by atoms with Crippen LogP contribution in [-0.2, 0) is 11.1 Å². The van der Waals surface area contributed by atoms with Crippen molar-refractivity contribution in [1.29, 1.82) is 0 Å². The molecule has 0 aromatic heterocycles. The van der Waals surface area contributed by atoms with E-state index in [9.17, 15) is 0 Å². The lowest BCUT2D eigenvalue weighted by Crippen LogP contribution is -2.01. The summed E-state index contributed by atoms with van der Waals surface area (Å²) >= 11 is 0. The lowest BCUT2D eigenvalue weighted by Gasteiger charge is -2.18. The molecule has 0 heterocycles. The first-order chi connectivity index (χ1) is 12.4. The van der Waals surface area contributed by atoms with Crippen LogP contribution in [0.15, 0.2) is 91.0 Å². The van der Waals surface area contributed by atoms with Crippen LogP contribution >= 0.6 is 8.81 Å². The van der Waals surface area contributed by atoms with Gasteiger partial charge in [-0.3, -0.25) is 0 Å². The molecule has 1 unspecified atom stereocenters. The van der Waals surface area contributed by atoms with Crippen LogP contribution in [0.2, 0.25) is 0 Å². The zero-order valence-electron chi connectivity index (χ0n) is 14.5. The van der Waals surface area contributed by atoms with E-state index in [0.29, 0.717) is 14.7 Å². The van der Waals surface area contributed by atoms with Crippen molar-refractivity contribution >= 4 is 8.81 Å². The summed E-state index contributed by atoms with van der Waals surface area (Å²) in [6.07, 6.45) is 3.47. The highest BCUT2D eigenvalue weighted by atomic mass is 31.1. The normalized spacial score (nSPS) is 11.4. The first-order valence-electron chi connectivity index (χ1n) is 8.92. The van der Waals surface area contributed by atoms with Gasteiger partial charge in [-0.15, -0.1) is 0 Å². The van der Waals surface area contributed by atoms with Gasteiger partial charge >= 0.3 is 0 Å². The van der Waals surface area contributed by atoms with Crippen molar-refractivity contribution in [3.05, 3.63) is 108 Å². The number of rotatable bonds is 9. The van der Waals surface area contributed by atoms with Crippen molar-refractivity contribution in [2.45, 2.75) is 25.4 Å². The molecule has 128 valence electrons. The molecule has 3 aromatic rings. The molecular formula is C23H25OP. The third kappa shape index (κ3) is 5.81. The van der Waals surface area contributed by atoms with Gasteiger partial charge in [-0.2, -0.15) is 0 Å². The maximum Gasteiger partial charge on any atom is 0.0756 e. The second-order valence-corrected chi connectivity index (χ2v) is 7.26. The Morgan fingerprint density at radius 3 is 1.76 bits per heavy atom. The van der Waals surface area contributed by atoms with Gasteiger partial charge in [-0.25, -0.2) is 0 Å². The van der Waals surface area contributed by atoms with Crippen LogP contribution in [0.4, 0.5) is 0 Å². The summed E-state index contributed by atoms with van der Waals surface area (Å²) in [7, 11) is 0.573. The van der Waals surface area contributed by atoms with Crippen LogP contribution in [0.5, 0.6) is 0 Å². The predicted molar refractivity (Wildman–Crippen MR) is 108 cm³/mol. The smallest absolute Gasteiger partial charge is 0.0756 e. The molecule has 0 aliphatic carbocycles. The molecule has 25 heavy (non-hydrogen) atoms. The minimum atomic E-state index is 0.473. The summed E-state index contributed by atoms with van der Waals surface area (Å²) in [6.45, 7) is 0.722. The zero-order chi connectivity index (χ0) is 17.2. The number of hydrogen-bond acceptors (Lipinski definition) is 1. The Balaban J connectivity index is 1.48. The van der Waals surface area contributed by atoms with Crippen LogP contribution in [0.1, 0.15) is 35.4 Å². The van der Waals surface area contributed by atoms with E-state index in [1.54, 1.807) is 0 Å². The van der Waals surface area contributed by atoms with E-state index in [-0.39, 0.29) is 0 Å². The average molecular weight is 348 g/mol. The van der Waals surface area contributed by atoms with Crippen molar-refractivity contribution in [1.82, 2.24) is 0 Å². The molecule has 0 spiro atoms. The zero-order valence-corrected chi connectivity index (χ0v) is 15.5. The van der Waals surface area contributed by atoms with Gasteiger partial charge in [-0.1, -0.05) is 91.0 Å². The minimum Gasteiger partial charge on any atom is -0.358 e. The van der Waals surface area contributed by atoms with E-state index in [0.717, 1.165) is 19.2 Å². The Hall–Kier alpha value is -1.95. The topological polar surface area (TPSA) is 9.23 Å². The van der Waals surface area contributed by atoms with Crippen molar-refractivity contribution < 1.29 is 4.52 Å². The van der Waals surface area contributed by atoms with E-state index < -0.39 is 0 Å². The van der Waals surface area contributed by atoms with Gasteiger partial charge in [0, 0.05) is 14.7 Å². The fraction of sp³-hybridized carbons (Fsp3) is 0.217. The highest BCUT2D eigenvalue weighted by molar-refractivity contribution is 7.32. The molecule has 1 nitrogen and oxygen atoms in total. The third-order valence-electron chi connectivity index (χ3n) is 4.36. The second kappa shape index (κ2) is 10.1. The van der Waals surface area contributed by atoms with Crippen LogP contribution in [0.3, 0.4) is 0 Å². The average Bonchev–Trinajstić information content (AvgIpc) is 2.69. The van der Waals surface area contributed by atoms with Gasteiger partial charge < -0.3 is 4.52 Å². The second-order valence-electron chi connectivity index (χ2n) is 6.18. The Bertz CT molecular complexity index is 673. The monoisotopic (exact) mass is 348 g/mol. The summed E-state index contributed by atoms with van der Waals surface area (Å²) < 4.78 is 5.84. The Morgan fingerprint density at radius 1 is 0.680 bits per heavy atom. The largest absolute Gasteiger partial charge is 0.358 e. The predicted octanol–water partition coefficient (Wildman–Crippen LogP) is 6.41. The first-order valence-corrected chi connectivity index (χ1v) is 10.0. The van der Waals surface area contributed by atoms with Crippen LogP contribution in [0, 0.1) is 0 Å².